The predicted octanol–water partition coefficient (Wildman–Crippen LogP) is 0.589. The zero-order valence-electron chi connectivity index (χ0n) is 5.02. The van der Waals surface area contributed by atoms with Crippen molar-refractivity contribution in [3.63, 3.8) is 0 Å². The van der Waals surface area contributed by atoms with Crippen LogP contribution in [0.1, 0.15) is 13.3 Å². The van der Waals surface area contributed by atoms with E-state index in [9.17, 15) is 4.79 Å². The summed E-state index contributed by atoms with van der Waals surface area (Å²) in [6.07, 6.45) is 0.437. The molecule has 0 bridgehead atoms. The van der Waals surface area contributed by atoms with Gasteiger partial charge in [-0.1, -0.05) is 6.92 Å². The first-order valence-corrected chi connectivity index (χ1v) is 2.38. The van der Waals surface area contributed by atoms with Gasteiger partial charge in [0.05, 0.1) is 7.11 Å². The molecule has 0 aliphatic heterocycles. The highest BCUT2D eigenvalue weighted by Crippen LogP contribution is 1.82. The lowest BCUT2D eigenvalue weighted by Gasteiger charge is -1.94. The molecule has 0 spiro atoms. The molecule has 0 unspecified atom stereocenters. The molecule has 0 aromatic heterocycles. The van der Waals surface area contributed by atoms with Crippen LogP contribution >= 0.6 is 0 Å². The number of methoxy groups -OCH3 is 1. The van der Waals surface area contributed by atoms with Crippen molar-refractivity contribution in [2.24, 2.45) is 0 Å². The van der Waals surface area contributed by atoms with E-state index in [0.717, 1.165) is 0 Å². The Morgan fingerprint density at radius 3 is 2.38 bits per heavy atom. The van der Waals surface area contributed by atoms with Crippen molar-refractivity contribution < 1.29 is 9.53 Å². The fourth-order valence-corrected chi connectivity index (χ4v) is 0.268. The van der Waals surface area contributed by atoms with Crippen LogP contribution in [0.4, 0.5) is 0 Å². The summed E-state index contributed by atoms with van der Waals surface area (Å²) >= 11 is 0. The monoisotopic (exact) mass is 115 g/mol. The number of ether oxygens (including phenoxy) is 1. The Hall–Kier alpha value is -0.860. The third-order valence-corrected chi connectivity index (χ3v) is 0.785. The molecule has 0 saturated carbocycles. The highest BCUT2D eigenvalue weighted by Gasteiger charge is 2.03. The van der Waals surface area contributed by atoms with Gasteiger partial charge in [0.15, 0.2) is 0 Å². The molecule has 0 aliphatic rings. The fraction of sp³-hybridized carbons (Fsp3) is 0.600. The van der Waals surface area contributed by atoms with E-state index in [1.807, 2.05) is 0 Å². The smallest absolute Gasteiger partial charge is 0.351 e. The summed E-state index contributed by atoms with van der Waals surface area (Å²) in [5.74, 6) is -0.535. The average Bonchev–Trinajstić information content (AvgIpc) is 1.84. The van der Waals surface area contributed by atoms with E-state index in [1.165, 1.54) is 7.11 Å². The predicted molar refractivity (Wildman–Crippen MR) is 30.0 cm³/mol. The molecule has 0 fully saturated rings. The van der Waals surface area contributed by atoms with Crippen LogP contribution in [0.3, 0.4) is 0 Å². The molecule has 46 valence electrons. The lowest BCUT2D eigenvalue weighted by Crippen LogP contribution is -2.12. The second kappa shape index (κ2) is 3.18. The van der Waals surface area contributed by atoms with Gasteiger partial charge in [-0.25, -0.2) is 4.79 Å². The van der Waals surface area contributed by atoms with Gasteiger partial charge in [-0.15, -0.1) is 0 Å². The van der Waals surface area contributed by atoms with Gasteiger partial charge in [0.1, 0.15) is 5.71 Å². The van der Waals surface area contributed by atoms with Gasteiger partial charge in [-0.2, -0.15) is 0 Å². The first-order valence-electron chi connectivity index (χ1n) is 2.38. The molecular weight excluding hydrogens is 106 g/mol. The molecule has 3 nitrogen and oxygen atoms in total. The number of esters is 1. The van der Waals surface area contributed by atoms with Crippen LogP contribution in [0.15, 0.2) is 0 Å². The zero-order chi connectivity index (χ0) is 6.57. The standard InChI is InChI=1S/C5H9NO2/c1-3-4(6)5(7)8-2/h6H,3H2,1-2H3. The molecule has 0 aliphatic carbocycles. The number of rotatable bonds is 2. The molecule has 1 N–H and O–H groups in total. The first kappa shape index (κ1) is 7.14. The molecule has 8 heavy (non-hydrogen) atoms. The number of carbonyl (C=O) groups excluding carboxylic acids is 1. The van der Waals surface area contributed by atoms with Crippen molar-refractivity contribution in [3.05, 3.63) is 0 Å². The maximum Gasteiger partial charge on any atom is 0.351 e. The van der Waals surface area contributed by atoms with Crippen molar-refractivity contribution in [1.29, 1.82) is 5.41 Å². The Labute approximate surface area is 48.2 Å². The summed E-state index contributed by atoms with van der Waals surface area (Å²) in [7, 11) is 1.27. The van der Waals surface area contributed by atoms with Crippen molar-refractivity contribution in [1.82, 2.24) is 0 Å². The topological polar surface area (TPSA) is 50.2 Å². The van der Waals surface area contributed by atoms with Gasteiger partial charge < -0.3 is 4.74 Å². The lowest BCUT2D eigenvalue weighted by molar-refractivity contribution is -0.132. The first-order chi connectivity index (χ1) is 3.72. The summed E-state index contributed by atoms with van der Waals surface area (Å²) in [5.41, 5.74) is 0.0208. The van der Waals surface area contributed by atoms with Crippen LogP contribution in [0, 0.1) is 5.41 Å². The molecule has 0 radical (unpaired) electrons. The maximum atomic E-state index is 10.3. The minimum atomic E-state index is -0.535. The number of hydrogen-bond acceptors (Lipinski definition) is 3. The third-order valence-electron chi connectivity index (χ3n) is 0.785. The highest BCUT2D eigenvalue weighted by molar-refractivity contribution is 6.34. The van der Waals surface area contributed by atoms with Crippen molar-refractivity contribution in [2.75, 3.05) is 7.11 Å². The summed E-state index contributed by atoms with van der Waals surface area (Å²) in [4.78, 5) is 10.3. The molecule has 0 amide bonds. The van der Waals surface area contributed by atoms with Crippen molar-refractivity contribution in [2.45, 2.75) is 13.3 Å². The van der Waals surface area contributed by atoms with Crippen LogP contribution in [0.25, 0.3) is 0 Å². The van der Waals surface area contributed by atoms with Crippen LogP contribution in [-0.4, -0.2) is 18.8 Å². The second-order valence-electron chi connectivity index (χ2n) is 1.32. The quantitative estimate of drug-likeness (QED) is 0.423. The minimum Gasteiger partial charge on any atom is -0.465 e. The number of nitrogens with one attached hydrogen (secondary N) is 1. The fourth-order valence-electron chi connectivity index (χ4n) is 0.268. The molecule has 0 rings (SSSR count). The SMILES string of the molecule is CCC(=N)C(=O)OC. The second-order valence-corrected chi connectivity index (χ2v) is 1.32. The van der Waals surface area contributed by atoms with Gasteiger partial charge in [0, 0.05) is 0 Å². The van der Waals surface area contributed by atoms with Crippen LogP contribution < -0.4 is 0 Å². The Morgan fingerprint density at radius 1 is 1.75 bits per heavy atom. The van der Waals surface area contributed by atoms with E-state index in [4.69, 9.17) is 5.41 Å². The van der Waals surface area contributed by atoms with Crippen LogP contribution in [-0.2, 0) is 9.53 Å². The van der Waals surface area contributed by atoms with Gasteiger partial charge in [0.25, 0.3) is 0 Å². The molecule has 0 aromatic carbocycles. The molecule has 0 atom stereocenters. The van der Waals surface area contributed by atoms with Crippen molar-refractivity contribution >= 4 is 11.7 Å². The largest absolute Gasteiger partial charge is 0.465 e. The van der Waals surface area contributed by atoms with Crippen LogP contribution in [0.5, 0.6) is 0 Å². The van der Waals surface area contributed by atoms with E-state index in [2.05, 4.69) is 4.74 Å². The van der Waals surface area contributed by atoms with E-state index >= 15 is 0 Å². The Bertz CT molecular complexity index is 95.0. The lowest BCUT2D eigenvalue weighted by atomic mass is 10.3. The zero-order valence-corrected chi connectivity index (χ0v) is 5.02. The molecule has 0 aromatic rings. The van der Waals surface area contributed by atoms with E-state index in [0.29, 0.717) is 6.42 Å². The summed E-state index contributed by atoms with van der Waals surface area (Å²) < 4.78 is 4.24. The molecular formula is C5H9NO2. The summed E-state index contributed by atoms with van der Waals surface area (Å²) in [6, 6.07) is 0. The van der Waals surface area contributed by atoms with Crippen LogP contribution in [0.2, 0.25) is 0 Å². The minimum absolute atomic E-state index is 0.0208. The van der Waals surface area contributed by atoms with Gasteiger partial charge in [-0.3, -0.25) is 5.41 Å². The number of carbonyl (C=O) groups is 1. The summed E-state index contributed by atoms with van der Waals surface area (Å²) in [5, 5.41) is 6.87. The average molecular weight is 115 g/mol. The Balaban J connectivity index is 3.64. The summed E-state index contributed by atoms with van der Waals surface area (Å²) in [6.45, 7) is 1.74. The maximum absolute atomic E-state index is 10.3. The molecule has 0 saturated heterocycles. The van der Waals surface area contributed by atoms with E-state index in [-0.39, 0.29) is 5.71 Å². The molecule has 0 heterocycles. The van der Waals surface area contributed by atoms with Crippen molar-refractivity contribution in [3.8, 4) is 0 Å². The third kappa shape index (κ3) is 1.73. The molecule has 3 heteroatoms. The van der Waals surface area contributed by atoms with Gasteiger partial charge >= 0.3 is 5.97 Å². The Kier molecular flexibility index (Phi) is 2.84. The Morgan fingerprint density at radius 2 is 2.25 bits per heavy atom. The normalized spacial score (nSPS) is 8.25. The number of hydrogen-bond donors (Lipinski definition) is 1. The van der Waals surface area contributed by atoms with Gasteiger partial charge in [0.2, 0.25) is 0 Å². The van der Waals surface area contributed by atoms with E-state index < -0.39 is 5.97 Å². The highest BCUT2D eigenvalue weighted by atomic mass is 16.5. The van der Waals surface area contributed by atoms with E-state index in [1.54, 1.807) is 6.92 Å². The van der Waals surface area contributed by atoms with Gasteiger partial charge in [-0.05, 0) is 6.42 Å².